The Balaban J connectivity index is 1.60. The highest BCUT2D eigenvalue weighted by Crippen LogP contribution is 2.32. The van der Waals surface area contributed by atoms with Crippen LogP contribution in [0.3, 0.4) is 0 Å². The summed E-state index contributed by atoms with van der Waals surface area (Å²) >= 11 is 0. The minimum absolute atomic E-state index is 0.0203. The summed E-state index contributed by atoms with van der Waals surface area (Å²) in [5.74, 6) is 0.275. The molecule has 3 aromatic carbocycles. The summed E-state index contributed by atoms with van der Waals surface area (Å²) in [5, 5.41) is 13.9. The number of aryl methyl sites for hydroxylation is 1. The van der Waals surface area contributed by atoms with E-state index in [-0.39, 0.29) is 11.6 Å². The summed E-state index contributed by atoms with van der Waals surface area (Å²) in [6.45, 7) is 10.1. The van der Waals surface area contributed by atoms with Gasteiger partial charge in [-0.25, -0.2) is 4.39 Å². The van der Waals surface area contributed by atoms with Crippen molar-refractivity contribution in [1.29, 1.82) is 0 Å². The summed E-state index contributed by atoms with van der Waals surface area (Å²) < 4.78 is 26.0. The van der Waals surface area contributed by atoms with Crippen LogP contribution < -0.4 is 0 Å². The molecule has 0 aliphatic heterocycles. The summed E-state index contributed by atoms with van der Waals surface area (Å²) in [4.78, 5) is 6.36. The van der Waals surface area contributed by atoms with Gasteiger partial charge < -0.3 is 14.4 Å². The first-order chi connectivity index (χ1) is 17.6. The Bertz CT molecular complexity index is 1430. The first kappa shape index (κ1) is 26.3. The van der Waals surface area contributed by atoms with Gasteiger partial charge in [-0.05, 0) is 68.3 Å². The fraction of sp³-hybridized carbons (Fsp3) is 0.267. The molecule has 7 heteroatoms. The van der Waals surface area contributed by atoms with E-state index >= 15 is 0 Å². The van der Waals surface area contributed by atoms with Crippen molar-refractivity contribution < 1.29 is 18.8 Å². The molecule has 192 valence electrons. The highest BCUT2D eigenvalue weighted by Gasteiger charge is 2.27. The monoisotopic (exact) mass is 501 g/mol. The summed E-state index contributed by atoms with van der Waals surface area (Å²) in [6, 6.07) is 19.0. The van der Waals surface area contributed by atoms with Crippen molar-refractivity contribution in [3.8, 4) is 34.0 Å². The normalized spacial score (nSPS) is 11.8. The molecular weight excluding hydrogens is 469 g/mol. The lowest BCUT2D eigenvalue weighted by Gasteiger charge is -2.34. The van der Waals surface area contributed by atoms with Crippen molar-refractivity contribution in [3.05, 3.63) is 95.5 Å². The van der Waals surface area contributed by atoms with Gasteiger partial charge in [-0.1, -0.05) is 54.2 Å². The van der Waals surface area contributed by atoms with Gasteiger partial charge in [-0.15, -0.1) is 0 Å². The lowest BCUT2D eigenvalue weighted by atomic mass is 9.94. The first-order valence-electron chi connectivity index (χ1n) is 12.0. The van der Waals surface area contributed by atoms with Crippen LogP contribution in [0.1, 0.15) is 30.5 Å². The number of aromatic nitrogens is 2. The molecule has 4 rings (SSSR count). The van der Waals surface area contributed by atoms with Gasteiger partial charge in [-0.3, -0.25) is 4.90 Å². The van der Waals surface area contributed by atoms with Crippen LogP contribution in [-0.2, 0) is 17.9 Å². The van der Waals surface area contributed by atoms with E-state index < -0.39 is 5.54 Å². The average molecular weight is 502 g/mol. The third kappa shape index (κ3) is 5.48. The highest BCUT2D eigenvalue weighted by molar-refractivity contribution is 5.74. The predicted octanol–water partition coefficient (Wildman–Crippen LogP) is 6.95. The molecule has 0 unspecified atom stereocenters. The highest BCUT2D eigenvalue weighted by atomic mass is 19.1. The van der Waals surface area contributed by atoms with Crippen LogP contribution in [0.2, 0.25) is 0 Å². The SMILES string of the molecule is C=C(O)C(C)(C)N(C)Cc1ccc(-c2noc(-c3ccc(-c4ccccc4C)c(COC)c3)n2)cc1F. The molecule has 1 aromatic heterocycles. The van der Waals surface area contributed by atoms with Crippen molar-refractivity contribution in [1.82, 2.24) is 15.0 Å². The molecule has 6 nitrogen and oxygen atoms in total. The topological polar surface area (TPSA) is 71.6 Å². The standard InChI is InChI=1S/C30H32FN3O3/c1-19-9-7-8-10-25(19)26-14-13-22(15-24(26)18-36-6)29-32-28(33-37-29)21-11-12-23(27(31)16-21)17-34(5)30(3,4)20(2)35/h7-16,35H,2,17-18H2,1,3-6H3. The van der Waals surface area contributed by atoms with Gasteiger partial charge >= 0.3 is 0 Å². The van der Waals surface area contributed by atoms with Crippen molar-refractivity contribution in [2.24, 2.45) is 0 Å². The second kappa shape index (κ2) is 10.7. The van der Waals surface area contributed by atoms with Gasteiger partial charge in [-0.2, -0.15) is 4.98 Å². The largest absolute Gasteiger partial charge is 0.511 e. The molecule has 0 aliphatic carbocycles. The zero-order valence-corrected chi connectivity index (χ0v) is 21.9. The van der Waals surface area contributed by atoms with Crippen LogP contribution in [0.5, 0.6) is 0 Å². The van der Waals surface area contributed by atoms with E-state index in [9.17, 15) is 9.50 Å². The number of nitrogens with zero attached hydrogens (tertiary/aromatic N) is 3. The van der Waals surface area contributed by atoms with Crippen LogP contribution in [0.4, 0.5) is 4.39 Å². The summed E-state index contributed by atoms with van der Waals surface area (Å²) in [5.41, 5.74) is 5.46. The molecule has 0 saturated carbocycles. The Morgan fingerprint density at radius 2 is 1.78 bits per heavy atom. The molecule has 0 bridgehead atoms. The van der Waals surface area contributed by atoms with Crippen LogP contribution in [0, 0.1) is 12.7 Å². The number of aliphatic hydroxyl groups is 1. The third-order valence-electron chi connectivity index (χ3n) is 6.89. The average Bonchev–Trinajstić information content (AvgIpc) is 3.36. The lowest BCUT2D eigenvalue weighted by Crippen LogP contribution is -2.42. The predicted molar refractivity (Wildman–Crippen MR) is 143 cm³/mol. The Hall–Kier alpha value is -3.81. The van der Waals surface area contributed by atoms with E-state index in [4.69, 9.17) is 9.26 Å². The van der Waals surface area contributed by atoms with Gasteiger partial charge in [0.25, 0.3) is 5.89 Å². The zero-order valence-electron chi connectivity index (χ0n) is 21.9. The van der Waals surface area contributed by atoms with E-state index in [0.717, 1.165) is 22.3 Å². The van der Waals surface area contributed by atoms with Crippen molar-refractivity contribution >= 4 is 0 Å². The number of likely N-dealkylation sites (N-methyl/N-ethyl adjacent to an activating group) is 1. The Morgan fingerprint density at radius 3 is 2.46 bits per heavy atom. The van der Waals surface area contributed by atoms with Crippen LogP contribution in [0.25, 0.3) is 34.0 Å². The van der Waals surface area contributed by atoms with E-state index in [1.165, 1.54) is 11.6 Å². The number of benzene rings is 3. The molecule has 0 saturated heterocycles. The van der Waals surface area contributed by atoms with Crippen LogP contribution in [0.15, 0.2) is 77.5 Å². The minimum atomic E-state index is -0.690. The summed E-state index contributed by atoms with van der Waals surface area (Å²) in [7, 11) is 3.47. The van der Waals surface area contributed by atoms with Gasteiger partial charge in [0.1, 0.15) is 11.6 Å². The number of halogens is 1. The minimum Gasteiger partial charge on any atom is -0.511 e. The molecule has 0 atom stereocenters. The van der Waals surface area contributed by atoms with Crippen LogP contribution in [-0.4, -0.2) is 39.8 Å². The molecule has 0 aliphatic rings. The Labute approximate surface area is 217 Å². The van der Waals surface area contributed by atoms with E-state index in [2.05, 4.69) is 35.8 Å². The molecule has 0 amide bonds. The number of ether oxygens (including phenoxy) is 1. The Morgan fingerprint density at radius 1 is 1.05 bits per heavy atom. The number of hydrogen-bond donors (Lipinski definition) is 1. The molecule has 0 radical (unpaired) electrons. The maximum atomic E-state index is 15.0. The van der Waals surface area contributed by atoms with Gasteiger partial charge in [0.2, 0.25) is 5.82 Å². The molecule has 1 heterocycles. The maximum absolute atomic E-state index is 15.0. The molecule has 37 heavy (non-hydrogen) atoms. The van der Waals surface area contributed by atoms with Gasteiger partial charge in [0.15, 0.2) is 0 Å². The maximum Gasteiger partial charge on any atom is 0.258 e. The number of rotatable bonds is 9. The number of methoxy groups -OCH3 is 1. The molecule has 0 spiro atoms. The lowest BCUT2D eigenvalue weighted by molar-refractivity contribution is 0.129. The van der Waals surface area contributed by atoms with E-state index in [0.29, 0.717) is 36.0 Å². The Kier molecular flexibility index (Phi) is 7.57. The fourth-order valence-corrected chi connectivity index (χ4v) is 4.09. The first-order valence-corrected chi connectivity index (χ1v) is 12.0. The van der Waals surface area contributed by atoms with Crippen LogP contribution >= 0.6 is 0 Å². The second-order valence-corrected chi connectivity index (χ2v) is 9.71. The van der Waals surface area contributed by atoms with Gasteiger partial charge in [0, 0.05) is 30.3 Å². The molecule has 1 N–H and O–H groups in total. The zero-order chi connectivity index (χ0) is 26.7. The fourth-order valence-electron chi connectivity index (χ4n) is 4.09. The van der Waals surface area contributed by atoms with E-state index in [1.807, 2.05) is 56.1 Å². The third-order valence-corrected chi connectivity index (χ3v) is 6.89. The quantitative estimate of drug-likeness (QED) is 0.250. The van der Waals surface area contributed by atoms with E-state index in [1.54, 1.807) is 19.2 Å². The second-order valence-electron chi connectivity index (χ2n) is 9.71. The van der Waals surface area contributed by atoms with Crippen molar-refractivity contribution in [3.63, 3.8) is 0 Å². The van der Waals surface area contributed by atoms with Crippen molar-refractivity contribution in [2.75, 3.05) is 14.2 Å². The van der Waals surface area contributed by atoms with Crippen molar-refractivity contribution in [2.45, 2.75) is 39.5 Å². The number of hydrogen-bond acceptors (Lipinski definition) is 6. The smallest absolute Gasteiger partial charge is 0.258 e. The summed E-state index contributed by atoms with van der Waals surface area (Å²) in [6.07, 6.45) is 0. The molecule has 4 aromatic rings. The molecular formula is C30H32FN3O3. The van der Waals surface area contributed by atoms with Gasteiger partial charge in [0.05, 0.1) is 12.1 Å². The number of aliphatic hydroxyl groups excluding tert-OH is 1. The molecule has 0 fully saturated rings.